The summed E-state index contributed by atoms with van der Waals surface area (Å²) >= 11 is 0. The van der Waals surface area contributed by atoms with Gasteiger partial charge in [0.05, 0.1) is 6.54 Å². The molecule has 4 nitrogen and oxygen atoms in total. The van der Waals surface area contributed by atoms with Crippen molar-refractivity contribution in [2.24, 2.45) is 5.92 Å². The molecule has 0 aliphatic carbocycles. The summed E-state index contributed by atoms with van der Waals surface area (Å²) in [5.41, 5.74) is 0. The molecule has 1 rings (SSSR count). The van der Waals surface area contributed by atoms with Crippen LogP contribution in [-0.4, -0.2) is 47.8 Å². The second kappa shape index (κ2) is 6.62. The average molecular weight is 240 g/mol. The third-order valence-corrected chi connectivity index (χ3v) is 3.40. The number of rotatable bonds is 4. The first-order valence-electron chi connectivity index (χ1n) is 6.57. The Balaban J connectivity index is 2.44. The second-order valence-corrected chi connectivity index (χ2v) is 5.00. The molecule has 0 radical (unpaired) electrons. The quantitative estimate of drug-likeness (QED) is 0.747. The number of amides is 2. The van der Waals surface area contributed by atoms with Crippen molar-refractivity contribution in [3.05, 3.63) is 0 Å². The van der Waals surface area contributed by atoms with Crippen molar-refractivity contribution >= 4 is 11.8 Å². The molecule has 0 aromatic rings. The lowest BCUT2D eigenvalue weighted by Crippen LogP contribution is -2.45. The molecule has 0 aromatic heterocycles. The fourth-order valence-electron chi connectivity index (χ4n) is 2.14. The molecular formula is C13H24N2O2. The number of carbonyl (C=O) groups excluding carboxylic acids is 2. The van der Waals surface area contributed by atoms with Crippen LogP contribution in [0.25, 0.3) is 0 Å². The lowest BCUT2D eigenvalue weighted by molar-refractivity contribution is -0.140. The van der Waals surface area contributed by atoms with Gasteiger partial charge in [-0.3, -0.25) is 9.59 Å². The Hall–Kier alpha value is -1.06. The number of likely N-dealkylation sites (tertiary alicyclic amines) is 1. The van der Waals surface area contributed by atoms with Gasteiger partial charge in [-0.05, 0) is 25.2 Å². The lowest BCUT2D eigenvalue weighted by Gasteiger charge is -2.32. The Labute approximate surface area is 104 Å². The topological polar surface area (TPSA) is 40.6 Å². The number of carbonyl (C=O) groups is 2. The van der Waals surface area contributed by atoms with Crippen LogP contribution in [0, 0.1) is 5.92 Å². The summed E-state index contributed by atoms with van der Waals surface area (Å²) in [5, 5.41) is 0. The van der Waals surface area contributed by atoms with Crippen molar-refractivity contribution in [2.75, 3.05) is 26.2 Å². The van der Waals surface area contributed by atoms with Gasteiger partial charge in [-0.25, -0.2) is 0 Å². The van der Waals surface area contributed by atoms with E-state index in [1.165, 1.54) is 6.92 Å². The molecule has 2 amide bonds. The highest BCUT2D eigenvalue weighted by Crippen LogP contribution is 2.16. The zero-order valence-corrected chi connectivity index (χ0v) is 11.2. The third-order valence-electron chi connectivity index (χ3n) is 3.40. The van der Waals surface area contributed by atoms with Crippen molar-refractivity contribution in [3.63, 3.8) is 0 Å². The predicted molar refractivity (Wildman–Crippen MR) is 67.5 cm³/mol. The van der Waals surface area contributed by atoms with Crippen LogP contribution in [0.4, 0.5) is 0 Å². The highest BCUT2D eigenvalue weighted by molar-refractivity contribution is 5.83. The number of piperidine rings is 1. The Morgan fingerprint density at radius 2 is 1.88 bits per heavy atom. The molecule has 98 valence electrons. The van der Waals surface area contributed by atoms with Crippen molar-refractivity contribution in [3.8, 4) is 0 Å². The molecule has 0 spiro atoms. The molecule has 0 atom stereocenters. The van der Waals surface area contributed by atoms with Crippen LogP contribution in [0.3, 0.4) is 0 Å². The fraction of sp³-hybridized carbons (Fsp3) is 0.846. The molecule has 0 N–H and O–H groups in total. The van der Waals surface area contributed by atoms with E-state index in [4.69, 9.17) is 0 Å². The van der Waals surface area contributed by atoms with E-state index in [0.717, 1.165) is 38.3 Å². The minimum absolute atomic E-state index is 0.00872. The van der Waals surface area contributed by atoms with E-state index >= 15 is 0 Å². The molecule has 1 aliphatic rings. The van der Waals surface area contributed by atoms with Crippen LogP contribution in [0.5, 0.6) is 0 Å². The monoisotopic (exact) mass is 240 g/mol. The van der Waals surface area contributed by atoms with Gasteiger partial charge in [0.25, 0.3) is 0 Å². The van der Waals surface area contributed by atoms with E-state index in [2.05, 4.69) is 6.92 Å². The Bertz CT molecular complexity index is 271. The highest BCUT2D eigenvalue weighted by Gasteiger charge is 2.22. The van der Waals surface area contributed by atoms with Crippen LogP contribution < -0.4 is 0 Å². The maximum Gasteiger partial charge on any atom is 0.242 e. The van der Waals surface area contributed by atoms with Crippen molar-refractivity contribution < 1.29 is 9.59 Å². The summed E-state index contributed by atoms with van der Waals surface area (Å²) in [5.74, 6) is 0.810. The van der Waals surface area contributed by atoms with E-state index in [1.807, 2.05) is 11.8 Å². The molecule has 0 aromatic carbocycles. The Morgan fingerprint density at radius 1 is 1.29 bits per heavy atom. The van der Waals surface area contributed by atoms with Crippen LogP contribution in [0.15, 0.2) is 0 Å². The molecule has 1 saturated heterocycles. The van der Waals surface area contributed by atoms with Gasteiger partial charge < -0.3 is 9.80 Å². The van der Waals surface area contributed by atoms with Crippen LogP contribution in [0.1, 0.15) is 40.0 Å². The first-order valence-corrected chi connectivity index (χ1v) is 6.57. The van der Waals surface area contributed by atoms with Gasteiger partial charge in [0.15, 0.2) is 0 Å². The van der Waals surface area contributed by atoms with Gasteiger partial charge >= 0.3 is 0 Å². The van der Waals surface area contributed by atoms with Crippen molar-refractivity contribution in [1.82, 2.24) is 9.80 Å². The molecule has 17 heavy (non-hydrogen) atoms. The summed E-state index contributed by atoms with van der Waals surface area (Å²) < 4.78 is 0. The average Bonchev–Trinajstić information content (AvgIpc) is 2.29. The van der Waals surface area contributed by atoms with Gasteiger partial charge in [-0.2, -0.15) is 0 Å². The smallest absolute Gasteiger partial charge is 0.242 e. The number of hydrogen-bond donors (Lipinski definition) is 0. The molecule has 1 fully saturated rings. The van der Waals surface area contributed by atoms with E-state index in [1.54, 1.807) is 4.90 Å². The van der Waals surface area contributed by atoms with E-state index in [-0.39, 0.29) is 18.4 Å². The SMILES string of the molecule is CCCN(CC(=O)N1CCC(C)CC1)C(C)=O. The minimum atomic E-state index is -0.00872. The summed E-state index contributed by atoms with van der Waals surface area (Å²) in [6, 6.07) is 0. The second-order valence-electron chi connectivity index (χ2n) is 5.00. The van der Waals surface area contributed by atoms with Gasteiger partial charge in [0.1, 0.15) is 0 Å². The largest absolute Gasteiger partial charge is 0.341 e. The lowest BCUT2D eigenvalue weighted by atomic mass is 9.99. The molecule has 0 saturated carbocycles. The van der Waals surface area contributed by atoms with Crippen molar-refractivity contribution in [2.45, 2.75) is 40.0 Å². The highest BCUT2D eigenvalue weighted by atomic mass is 16.2. The molecular weight excluding hydrogens is 216 g/mol. The van der Waals surface area contributed by atoms with Gasteiger partial charge in [-0.1, -0.05) is 13.8 Å². The van der Waals surface area contributed by atoms with E-state index in [0.29, 0.717) is 6.54 Å². The molecule has 0 bridgehead atoms. The standard InChI is InChI=1S/C13H24N2O2/c1-4-7-15(12(3)16)10-13(17)14-8-5-11(2)6-9-14/h11H,4-10H2,1-3H3. The molecule has 4 heteroatoms. The molecule has 0 unspecified atom stereocenters. The predicted octanol–water partition coefficient (Wildman–Crippen LogP) is 1.50. The normalized spacial score (nSPS) is 17.0. The van der Waals surface area contributed by atoms with Gasteiger partial charge in [-0.15, -0.1) is 0 Å². The number of nitrogens with zero attached hydrogens (tertiary/aromatic N) is 2. The minimum Gasteiger partial charge on any atom is -0.341 e. The van der Waals surface area contributed by atoms with Crippen LogP contribution >= 0.6 is 0 Å². The summed E-state index contributed by atoms with van der Waals surface area (Å²) in [6.45, 7) is 8.38. The van der Waals surface area contributed by atoms with E-state index in [9.17, 15) is 9.59 Å². The summed E-state index contributed by atoms with van der Waals surface area (Å²) in [7, 11) is 0. The Kier molecular flexibility index (Phi) is 5.45. The summed E-state index contributed by atoms with van der Waals surface area (Å²) in [4.78, 5) is 26.9. The first kappa shape index (κ1) is 14.0. The molecule has 1 heterocycles. The van der Waals surface area contributed by atoms with Crippen molar-refractivity contribution in [1.29, 1.82) is 0 Å². The van der Waals surface area contributed by atoms with Crippen LogP contribution in [0.2, 0.25) is 0 Å². The Morgan fingerprint density at radius 3 is 2.35 bits per heavy atom. The maximum absolute atomic E-state index is 12.0. The van der Waals surface area contributed by atoms with Gasteiger partial charge in [0.2, 0.25) is 11.8 Å². The zero-order chi connectivity index (χ0) is 12.8. The summed E-state index contributed by atoms with van der Waals surface area (Å²) in [6.07, 6.45) is 3.06. The van der Waals surface area contributed by atoms with Crippen LogP contribution in [-0.2, 0) is 9.59 Å². The fourth-order valence-corrected chi connectivity index (χ4v) is 2.14. The zero-order valence-electron chi connectivity index (χ0n) is 11.2. The molecule has 1 aliphatic heterocycles. The first-order chi connectivity index (χ1) is 8.04. The van der Waals surface area contributed by atoms with Gasteiger partial charge in [0, 0.05) is 26.6 Å². The third kappa shape index (κ3) is 4.36. The number of hydrogen-bond acceptors (Lipinski definition) is 2. The maximum atomic E-state index is 12.0. The van der Waals surface area contributed by atoms with E-state index < -0.39 is 0 Å².